The van der Waals surface area contributed by atoms with Crippen molar-refractivity contribution in [3.8, 4) is 0 Å². The standard InChI is InChI=1S/C11H23NO3/c1-9(6-14-3)15-8-11(7-13,12-2)10-4-5-10/h9-10,12-13H,4-8H2,1-3H3. The van der Waals surface area contributed by atoms with Crippen LogP contribution in [0, 0.1) is 5.92 Å². The van der Waals surface area contributed by atoms with E-state index in [0.29, 0.717) is 19.1 Å². The second-order valence-corrected chi connectivity index (χ2v) is 4.42. The summed E-state index contributed by atoms with van der Waals surface area (Å²) in [5.74, 6) is 0.558. The quantitative estimate of drug-likeness (QED) is 0.618. The molecule has 0 aliphatic heterocycles. The molecule has 0 radical (unpaired) electrons. The second kappa shape index (κ2) is 5.80. The Morgan fingerprint density at radius 3 is 2.60 bits per heavy atom. The second-order valence-electron chi connectivity index (χ2n) is 4.42. The summed E-state index contributed by atoms with van der Waals surface area (Å²) in [5, 5.41) is 12.7. The molecular formula is C11H23NO3. The summed E-state index contributed by atoms with van der Waals surface area (Å²) < 4.78 is 10.7. The van der Waals surface area contributed by atoms with Crippen LogP contribution >= 0.6 is 0 Å². The van der Waals surface area contributed by atoms with Crippen molar-refractivity contribution in [1.82, 2.24) is 5.32 Å². The van der Waals surface area contributed by atoms with E-state index < -0.39 is 0 Å². The van der Waals surface area contributed by atoms with Gasteiger partial charge in [0.25, 0.3) is 0 Å². The first-order valence-electron chi connectivity index (χ1n) is 5.59. The lowest BCUT2D eigenvalue weighted by molar-refractivity contribution is -0.0364. The van der Waals surface area contributed by atoms with Gasteiger partial charge in [-0.2, -0.15) is 0 Å². The summed E-state index contributed by atoms with van der Waals surface area (Å²) in [4.78, 5) is 0. The Balaban J connectivity index is 2.37. The molecule has 0 aromatic rings. The summed E-state index contributed by atoms with van der Waals surface area (Å²) in [7, 11) is 3.55. The van der Waals surface area contributed by atoms with Gasteiger partial charge in [0.1, 0.15) is 0 Å². The van der Waals surface area contributed by atoms with Gasteiger partial charge < -0.3 is 19.9 Å². The van der Waals surface area contributed by atoms with Crippen LogP contribution in [-0.2, 0) is 9.47 Å². The third kappa shape index (κ3) is 3.41. The third-order valence-electron chi connectivity index (χ3n) is 3.17. The van der Waals surface area contributed by atoms with E-state index in [-0.39, 0.29) is 18.2 Å². The Kier molecular flexibility index (Phi) is 4.99. The molecule has 4 heteroatoms. The van der Waals surface area contributed by atoms with E-state index in [1.165, 1.54) is 12.8 Å². The minimum Gasteiger partial charge on any atom is -0.394 e. The van der Waals surface area contributed by atoms with E-state index in [9.17, 15) is 5.11 Å². The van der Waals surface area contributed by atoms with E-state index in [2.05, 4.69) is 5.32 Å². The van der Waals surface area contributed by atoms with Gasteiger partial charge >= 0.3 is 0 Å². The monoisotopic (exact) mass is 217 g/mol. The molecule has 15 heavy (non-hydrogen) atoms. The van der Waals surface area contributed by atoms with Crippen LogP contribution in [0.25, 0.3) is 0 Å². The molecule has 90 valence electrons. The SMILES string of the molecule is CNC(CO)(COC(C)COC)C1CC1. The Bertz CT molecular complexity index is 179. The highest BCUT2D eigenvalue weighted by Gasteiger charge is 2.44. The van der Waals surface area contributed by atoms with E-state index in [4.69, 9.17) is 9.47 Å². The summed E-state index contributed by atoms with van der Waals surface area (Å²) in [6, 6.07) is 0. The molecule has 0 amide bonds. The number of hydrogen-bond acceptors (Lipinski definition) is 4. The summed E-state index contributed by atoms with van der Waals surface area (Å²) in [6.45, 7) is 3.26. The maximum Gasteiger partial charge on any atom is 0.0781 e. The van der Waals surface area contributed by atoms with Gasteiger partial charge in [0, 0.05) is 7.11 Å². The van der Waals surface area contributed by atoms with Crippen molar-refractivity contribution in [2.45, 2.75) is 31.4 Å². The number of hydrogen-bond donors (Lipinski definition) is 2. The fraction of sp³-hybridized carbons (Fsp3) is 1.00. The molecular weight excluding hydrogens is 194 g/mol. The largest absolute Gasteiger partial charge is 0.394 e. The zero-order chi connectivity index (χ0) is 11.3. The van der Waals surface area contributed by atoms with Gasteiger partial charge in [-0.3, -0.25) is 0 Å². The summed E-state index contributed by atoms with van der Waals surface area (Å²) in [6.07, 6.45) is 2.44. The molecule has 2 atom stereocenters. The molecule has 1 rings (SSSR count). The molecule has 1 aliphatic rings. The van der Waals surface area contributed by atoms with Crippen LogP contribution < -0.4 is 5.32 Å². The maximum atomic E-state index is 9.46. The average molecular weight is 217 g/mol. The van der Waals surface area contributed by atoms with Crippen molar-refractivity contribution in [2.24, 2.45) is 5.92 Å². The molecule has 2 N–H and O–H groups in total. The number of likely N-dealkylation sites (N-methyl/N-ethyl adjacent to an activating group) is 1. The minimum atomic E-state index is -0.248. The molecule has 1 fully saturated rings. The van der Waals surface area contributed by atoms with Crippen molar-refractivity contribution < 1.29 is 14.6 Å². The van der Waals surface area contributed by atoms with Gasteiger partial charge in [0.15, 0.2) is 0 Å². The Labute approximate surface area is 92.0 Å². The van der Waals surface area contributed by atoms with Crippen LogP contribution in [0.1, 0.15) is 19.8 Å². The average Bonchev–Trinajstić information content (AvgIpc) is 3.05. The highest BCUT2D eigenvalue weighted by molar-refractivity contribution is 5.00. The van der Waals surface area contributed by atoms with Crippen molar-refractivity contribution in [3.63, 3.8) is 0 Å². The Morgan fingerprint density at radius 1 is 1.53 bits per heavy atom. The summed E-state index contributed by atoms with van der Waals surface area (Å²) >= 11 is 0. The van der Waals surface area contributed by atoms with Crippen molar-refractivity contribution in [3.05, 3.63) is 0 Å². The molecule has 0 saturated heterocycles. The molecule has 1 aliphatic carbocycles. The summed E-state index contributed by atoms with van der Waals surface area (Å²) in [5.41, 5.74) is -0.248. The van der Waals surface area contributed by atoms with Crippen LogP contribution in [0.3, 0.4) is 0 Å². The maximum absolute atomic E-state index is 9.46. The van der Waals surface area contributed by atoms with Crippen LogP contribution in [-0.4, -0.2) is 50.7 Å². The predicted octanol–water partition coefficient (Wildman–Crippen LogP) is 0.398. The van der Waals surface area contributed by atoms with E-state index >= 15 is 0 Å². The molecule has 4 nitrogen and oxygen atoms in total. The van der Waals surface area contributed by atoms with Crippen LogP contribution in [0.4, 0.5) is 0 Å². The van der Waals surface area contributed by atoms with Gasteiger partial charge in [-0.1, -0.05) is 0 Å². The first kappa shape index (κ1) is 12.9. The van der Waals surface area contributed by atoms with Crippen molar-refractivity contribution in [2.75, 3.05) is 34.0 Å². The van der Waals surface area contributed by atoms with Gasteiger partial charge in [0.05, 0.1) is 31.5 Å². The lowest BCUT2D eigenvalue weighted by Gasteiger charge is -2.32. The van der Waals surface area contributed by atoms with Gasteiger partial charge in [-0.05, 0) is 32.7 Å². The smallest absolute Gasteiger partial charge is 0.0781 e. The first-order chi connectivity index (χ1) is 7.18. The van der Waals surface area contributed by atoms with Crippen LogP contribution in [0.2, 0.25) is 0 Å². The van der Waals surface area contributed by atoms with Gasteiger partial charge in [0.2, 0.25) is 0 Å². The van der Waals surface area contributed by atoms with Crippen molar-refractivity contribution >= 4 is 0 Å². The Hall–Kier alpha value is -0.160. The molecule has 0 bridgehead atoms. The van der Waals surface area contributed by atoms with Gasteiger partial charge in [-0.15, -0.1) is 0 Å². The van der Waals surface area contributed by atoms with Crippen LogP contribution in [0.15, 0.2) is 0 Å². The van der Waals surface area contributed by atoms with E-state index in [0.717, 1.165) is 0 Å². The molecule has 0 spiro atoms. The van der Waals surface area contributed by atoms with Crippen LogP contribution in [0.5, 0.6) is 0 Å². The molecule has 0 aromatic heterocycles. The highest BCUT2D eigenvalue weighted by atomic mass is 16.5. The highest BCUT2D eigenvalue weighted by Crippen LogP contribution is 2.39. The number of aliphatic hydroxyl groups excluding tert-OH is 1. The number of nitrogens with one attached hydrogen (secondary N) is 1. The fourth-order valence-corrected chi connectivity index (χ4v) is 1.86. The normalized spacial score (nSPS) is 22.4. The number of methoxy groups -OCH3 is 1. The first-order valence-corrected chi connectivity index (χ1v) is 5.59. The molecule has 1 saturated carbocycles. The number of rotatable bonds is 8. The zero-order valence-electron chi connectivity index (χ0n) is 9.95. The minimum absolute atomic E-state index is 0.0769. The molecule has 2 unspecified atom stereocenters. The lowest BCUT2D eigenvalue weighted by Crippen LogP contribution is -2.53. The molecule has 0 heterocycles. The topological polar surface area (TPSA) is 50.7 Å². The predicted molar refractivity (Wildman–Crippen MR) is 58.9 cm³/mol. The third-order valence-corrected chi connectivity index (χ3v) is 3.17. The van der Waals surface area contributed by atoms with E-state index in [1.54, 1.807) is 7.11 Å². The van der Waals surface area contributed by atoms with Crippen molar-refractivity contribution in [1.29, 1.82) is 0 Å². The zero-order valence-corrected chi connectivity index (χ0v) is 9.95. The fourth-order valence-electron chi connectivity index (χ4n) is 1.86. The van der Waals surface area contributed by atoms with E-state index in [1.807, 2.05) is 14.0 Å². The lowest BCUT2D eigenvalue weighted by atomic mass is 9.95. The number of ether oxygens (including phenoxy) is 2. The Morgan fingerprint density at radius 2 is 2.20 bits per heavy atom. The molecule has 0 aromatic carbocycles. The van der Waals surface area contributed by atoms with Gasteiger partial charge in [-0.25, -0.2) is 0 Å². The number of aliphatic hydroxyl groups is 1.